The molecule has 0 radical (unpaired) electrons. The number of carbonyl (C=O) groups is 1. The highest BCUT2D eigenvalue weighted by molar-refractivity contribution is 7.20. The molecule has 23 heavy (non-hydrogen) atoms. The molecule has 3 heterocycles. The smallest absolute Gasteiger partial charge is 0.264 e. The number of hydrogen-bond donors (Lipinski definition) is 1. The summed E-state index contributed by atoms with van der Waals surface area (Å²) in [7, 11) is 1.63. The van der Waals surface area contributed by atoms with Crippen LogP contribution in [-0.2, 0) is 7.05 Å². The van der Waals surface area contributed by atoms with Crippen LogP contribution in [0.25, 0.3) is 10.2 Å². The third-order valence-electron chi connectivity index (χ3n) is 4.06. The Morgan fingerprint density at radius 1 is 1.52 bits per heavy atom. The summed E-state index contributed by atoms with van der Waals surface area (Å²) in [5.74, 6) is -0.236. The summed E-state index contributed by atoms with van der Waals surface area (Å²) in [5, 5.41) is 3.47. The van der Waals surface area contributed by atoms with Crippen molar-refractivity contribution in [2.24, 2.45) is 7.05 Å². The highest BCUT2D eigenvalue weighted by Crippen LogP contribution is 2.28. The van der Waals surface area contributed by atoms with Crippen LogP contribution in [0.2, 0.25) is 0 Å². The highest BCUT2D eigenvalue weighted by Gasteiger charge is 2.33. The lowest BCUT2D eigenvalue weighted by molar-refractivity contribution is 0.0660. The molecule has 1 unspecified atom stereocenters. The summed E-state index contributed by atoms with van der Waals surface area (Å²) >= 11 is 1.20. The molecule has 3 rings (SSSR count). The topological polar surface area (TPSA) is 67.2 Å². The predicted octanol–water partition coefficient (Wildman–Crippen LogP) is 1.08. The van der Waals surface area contributed by atoms with Gasteiger partial charge in [0.2, 0.25) is 0 Å². The van der Waals surface area contributed by atoms with Gasteiger partial charge in [-0.2, -0.15) is 0 Å². The fourth-order valence-electron chi connectivity index (χ4n) is 2.83. The number of amides is 1. The van der Waals surface area contributed by atoms with Crippen molar-refractivity contribution in [3.63, 3.8) is 0 Å². The summed E-state index contributed by atoms with van der Waals surface area (Å²) in [5.41, 5.74) is -1.01. The minimum atomic E-state index is -1.47. The van der Waals surface area contributed by atoms with E-state index in [9.17, 15) is 14.0 Å². The van der Waals surface area contributed by atoms with Crippen LogP contribution < -0.4 is 10.9 Å². The lowest BCUT2D eigenvalue weighted by atomic mass is 10.1. The number of carbonyl (C=O) groups excluding carboxylic acids is 1. The average molecular weight is 338 g/mol. The molecule has 0 bridgehead atoms. The van der Waals surface area contributed by atoms with Gasteiger partial charge in [-0.3, -0.25) is 9.59 Å². The van der Waals surface area contributed by atoms with Crippen molar-refractivity contribution in [3.8, 4) is 0 Å². The van der Waals surface area contributed by atoms with Gasteiger partial charge in [-0.05, 0) is 19.4 Å². The molecule has 1 fully saturated rings. The van der Waals surface area contributed by atoms with Gasteiger partial charge in [-0.1, -0.05) is 0 Å². The highest BCUT2D eigenvalue weighted by atomic mass is 32.1. The normalized spacial score (nSPS) is 22.3. The second-order valence-electron chi connectivity index (χ2n) is 6.21. The van der Waals surface area contributed by atoms with E-state index in [4.69, 9.17) is 0 Å². The van der Waals surface area contributed by atoms with Crippen LogP contribution in [0.5, 0.6) is 0 Å². The lowest BCUT2D eigenvalue weighted by Gasteiger charge is -2.25. The maximum atomic E-state index is 14.4. The van der Waals surface area contributed by atoms with E-state index in [2.05, 4.69) is 10.3 Å². The van der Waals surface area contributed by atoms with E-state index in [0.717, 1.165) is 0 Å². The SMILES string of the molecule is Cc1c(C(=O)N2CCNCC(C)(F)C2)sc2ncn(C)c(=O)c12. The van der Waals surface area contributed by atoms with E-state index in [1.807, 2.05) is 0 Å². The van der Waals surface area contributed by atoms with E-state index >= 15 is 0 Å². The number of aryl methyl sites for hydroxylation is 2. The van der Waals surface area contributed by atoms with Crippen molar-refractivity contribution in [3.05, 3.63) is 27.1 Å². The maximum Gasteiger partial charge on any atom is 0.264 e. The Balaban J connectivity index is 2.03. The van der Waals surface area contributed by atoms with Crippen molar-refractivity contribution in [1.82, 2.24) is 19.8 Å². The Morgan fingerprint density at radius 3 is 3.00 bits per heavy atom. The van der Waals surface area contributed by atoms with E-state index in [1.165, 1.54) is 34.1 Å². The monoisotopic (exact) mass is 338 g/mol. The van der Waals surface area contributed by atoms with Gasteiger partial charge in [0.1, 0.15) is 10.5 Å². The fourth-order valence-corrected chi connectivity index (χ4v) is 3.93. The second-order valence-corrected chi connectivity index (χ2v) is 7.21. The van der Waals surface area contributed by atoms with Crippen LogP contribution in [0.1, 0.15) is 22.2 Å². The number of rotatable bonds is 1. The van der Waals surface area contributed by atoms with Crippen LogP contribution in [0, 0.1) is 6.92 Å². The zero-order valence-corrected chi connectivity index (χ0v) is 14.2. The molecular weight excluding hydrogens is 319 g/mol. The Morgan fingerprint density at radius 2 is 2.26 bits per heavy atom. The lowest BCUT2D eigenvalue weighted by Crippen LogP contribution is -2.42. The van der Waals surface area contributed by atoms with Crippen molar-refractivity contribution >= 4 is 27.5 Å². The van der Waals surface area contributed by atoms with Crippen LogP contribution in [-0.4, -0.2) is 52.2 Å². The number of alkyl halides is 1. The molecular formula is C15H19FN4O2S. The Labute approximate surface area is 136 Å². The van der Waals surface area contributed by atoms with Crippen LogP contribution in [0.4, 0.5) is 4.39 Å². The van der Waals surface area contributed by atoms with Gasteiger partial charge in [0.25, 0.3) is 11.5 Å². The maximum absolute atomic E-state index is 14.4. The molecule has 1 aliphatic heterocycles. The van der Waals surface area contributed by atoms with Crippen molar-refractivity contribution in [2.75, 3.05) is 26.2 Å². The summed E-state index contributed by atoms with van der Waals surface area (Å²) in [6, 6.07) is 0. The molecule has 2 aromatic rings. The largest absolute Gasteiger partial charge is 0.333 e. The molecule has 2 aromatic heterocycles. The molecule has 1 saturated heterocycles. The first-order chi connectivity index (χ1) is 10.8. The number of hydrogen-bond acceptors (Lipinski definition) is 5. The van der Waals surface area contributed by atoms with Crippen molar-refractivity contribution in [1.29, 1.82) is 0 Å². The standard InChI is InChI=1S/C15H19FN4O2S/c1-9-10-12(18-8-19(3)13(10)21)23-11(9)14(22)20-5-4-17-6-15(2,16)7-20/h8,17H,4-7H2,1-3H3. The third-order valence-corrected chi connectivity index (χ3v) is 5.25. The minimum absolute atomic E-state index is 0.0396. The zero-order chi connectivity index (χ0) is 16.8. The molecule has 1 atom stereocenters. The summed E-state index contributed by atoms with van der Waals surface area (Å²) in [6.07, 6.45) is 1.45. The van der Waals surface area contributed by atoms with Crippen LogP contribution in [0.3, 0.4) is 0 Å². The summed E-state index contributed by atoms with van der Waals surface area (Å²) < 4.78 is 15.8. The Kier molecular flexibility index (Phi) is 3.97. The fraction of sp³-hybridized carbons (Fsp3) is 0.533. The van der Waals surface area contributed by atoms with Gasteiger partial charge in [-0.15, -0.1) is 11.3 Å². The van der Waals surface area contributed by atoms with Gasteiger partial charge < -0.3 is 14.8 Å². The number of nitrogens with zero attached hydrogens (tertiary/aromatic N) is 3. The molecule has 0 aromatic carbocycles. The van der Waals surface area contributed by atoms with Crippen LogP contribution >= 0.6 is 11.3 Å². The molecule has 0 saturated carbocycles. The summed E-state index contributed by atoms with van der Waals surface area (Å²) in [4.78, 5) is 31.8. The van der Waals surface area contributed by atoms with E-state index in [0.29, 0.717) is 33.7 Å². The molecule has 1 aliphatic rings. The predicted molar refractivity (Wildman–Crippen MR) is 87.9 cm³/mol. The molecule has 6 nitrogen and oxygen atoms in total. The molecule has 124 valence electrons. The van der Waals surface area contributed by atoms with Crippen molar-refractivity contribution in [2.45, 2.75) is 19.5 Å². The van der Waals surface area contributed by atoms with Gasteiger partial charge in [-0.25, -0.2) is 9.37 Å². The van der Waals surface area contributed by atoms with Crippen LogP contribution in [0.15, 0.2) is 11.1 Å². The summed E-state index contributed by atoms with van der Waals surface area (Å²) in [6.45, 7) is 4.50. The molecule has 1 amide bonds. The molecule has 0 aliphatic carbocycles. The number of thiophene rings is 1. The average Bonchev–Trinajstić information content (AvgIpc) is 2.71. The minimum Gasteiger partial charge on any atom is -0.333 e. The Bertz CT molecular complexity index is 827. The first-order valence-electron chi connectivity index (χ1n) is 7.44. The first kappa shape index (κ1) is 16.1. The number of nitrogens with one attached hydrogen (secondary N) is 1. The zero-order valence-electron chi connectivity index (χ0n) is 13.4. The van der Waals surface area contributed by atoms with E-state index in [1.54, 1.807) is 14.0 Å². The first-order valence-corrected chi connectivity index (χ1v) is 8.25. The molecule has 0 spiro atoms. The van der Waals surface area contributed by atoms with E-state index in [-0.39, 0.29) is 24.6 Å². The second kappa shape index (κ2) is 5.68. The van der Waals surface area contributed by atoms with Gasteiger partial charge >= 0.3 is 0 Å². The van der Waals surface area contributed by atoms with Crippen molar-refractivity contribution < 1.29 is 9.18 Å². The van der Waals surface area contributed by atoms with E-state index < -0.39 is 5.67 Å². The van der Waals surface area contributed by atoms with Gasteiger partial charge in [0.15, 0.2) is 0 Å². The number of fused-ring (bicyclic) bond motifs is 1. The van der Waals surface area contributed by atoms with Gasteiger partial charge in [0.05, 0.1) is 23.1 Å². The Hall–Kier alpha value is -1.80. The quantitative estimate of drug-likeness (QED) is 0.845. The van der Waals surface area contributed by atoms with Gasteiger partial charge in [0, 0.05) is 26.7 Å². The number of halogens is 1. The molecule has 8 heteroatoms. The third kappa shape index (κ3) is 2.88. The number of aromatic nitrogens is 2. The molecule has 1 N–H and O–H groups in total.